The van der Waals surface area contributed by atoms with Gasteiger partial charge in [-0.3, -0.25) is 4.79 Å². The van der Waals surface area contributed by atoms with Gasteiger partial charge >= 0.3 is 0 Å². The van der Waals surface area contributed by atoms with Crippen molar-refractivity contribution < 1.29 is 9.53 Å². The number of carbonyl (C=O) groups excluding carboxylic acids is 1. The topological polar surface area (TPSA) is 62.1 Å². The van der Waals surface area contributed by atoms with Crippen molar-refractivity contribution in [3.63, 3.8) is 0 Å². The lowest BCUT2D eigenvalue weighted by molar-refractivity contribution is -0.112. The molecule has 7 heteroatoms. The van der Waals surface area contributed by atoms with Crippen LogP contribution in [0.1, 0.15) is 16.7 Å². The number of anilines is 1. The molecule has 0 saturated heterocycles. The summed E-state index contributed by atoms with van der Waals surface area (Å²) in [5, 5.41) is 12.8. The molecular weight excluding hydrogens is 638 g/mol. The minimum Gasteiger partial charge on any atom is -0.487 e. The Morgan fingerprint density at radius 3 is 2.42 bits per heavy atom. The predicted octanol–water partition coefficient (Wildman–Crippen LogP) is 6.98. The van der Waals surface area contributed by atoms with Gasteiger partial charge < -0.3 is 10.1 Å². The van der Waals surface area contributed by atoms with Crippen LogP contribution in [0.5, 0.6) is 5.75 Å². The van der Waals surface area contributed by atoms with E-state index in [1.807, 2.05) is 61.5 Å². The summed E-state index contributed by atoms with van der Waals surface area (Å²) < 4.78 is 7.79. The number of aryl methyl sites for hydroxylation is 1. The maximum Gasteiger partial charge on any atom is 0.266 e. The fourth-order valence-corrected chi connectivity index (χ4v) is 5.02. The molecule has 0 fully saturated rings. The maximum atomic E-state index is 12.6. The van der Waals surface area contributed by atoms with Gasteiger partial charge in [-0.2, -0.15) is 5.26 Å². The molecule has 3 rings (SSSR count). The molecular formula is C24H17ClI2N2O2. The SMILES string of the molecule is Cc1ccc(NC(=O)/C(C#N)=C/c2cc(I)c(OCc3ccccc3)c(I)c2)cc1Cl. The Kier molecular flexibility index (Phi) is 8.35. The summed E-state index contributed by atoms with van der Waals surface area (Å²) in [5.41, 5.74) is 3.28. The highest BCUT2D eigenvalue weighted by Crippen LogP contribution is 2.30. The van der Waals surface area contributed by atoms with Gasteiger partial charge in [0, 0.05) is 10.7 Å². The number of rotatable bonds is 6. The molecule has 0 unspecified atom stereocenters. The summed E-state index contributed by atoms with van der Waals surface area (Å²) >= 11 is 10.5. The number of nitriles is 1. The fourth-order valence-electron chi connectivity index (χ4n) is 2.71. The summed E-state index contributed by atoms with van der Waals surface area (Å²) in [5.74, 6) is 0.288. The van der Waals surface area contributed by atoms with Crippen molar-refractivity contribution in [1.82, 2.24) is 0 Å². The summed E-state index contributed by atoms with van der Waals surface area (Å²) in [6, 6.07) is 20.9. The highest BCUT2D eigenvalue weighted by Gasteiger charge is 2.13. The van der Waals surface area contributed by atoms with Crippen LogP contribution >= 0.6 is 56.8 Å². The monoisotopic (exact) mass is 654 g/mol. The molecule has 3 aromatic carbocycles. The van der Waals surface area contributed by atoms with Crippen LogP contribution in [0.2, 0.25) is 5.02 Å². The molecule has 1 amide bonds. The lowest BCUT2D eigenvalue weighted by Gasteiger charge is -2.12. The van der Waals surface area contributed by atoms with Crippen molar-refractivity contribution in [2.75, 3.05) is 5.32 Å². The van der Waals surface area contributed by atoms with Crippen molar-refractivity contribution in [3.05, 3.63) is 95.1 Å². The summed E-state index contributed by atoms with van der Waals surface area (Å²) in [4.78, 5) is 12.6. The fraction of sp³-hybridized carbons (Fsp3) is 0.0833. The number of nitrogens with one attached hydrogen (secondary N) is 1. The average Bonchev–Trinajstić information content (AvgIpc) is 2.74. The van der Waals surface area contributed by atoms with E-state index in [0.717, 1.165) is 29.6 Å². The molecule has 3 aromatic rings. The van der Waals surface area contributed by atoms with Crippen molar-refractivity contribution >= 4 is 74.5 Å². The minimum absolute atomic E-state index is 0.00116. The third-order valence-electron chi connectivity index (χ3n) is 4.35. The van der Waals surface area contributed by atoms with E-state index in [-0.39, 0.29) is 5.57 Å². The number of benzene rings is 3. The van der Waals surface area contributed by atoms with Crippen LogP contribution in [0.3, 0.4) is 0 Å². The van der Waals surface area contributed by atoms with Crippen molar-refractivity contribution in [1.29, 1.82) is 5.26 Å². The van der Waals surface area contributed by atoms with Crippen molar-refractivity contribution in [2.24, 2.45) is 0 Å². The highest BCUT2D eigenvalue weighted by molar-refractivity contribution is 14.1. The Hall–Kier alpha value is -2.09. The molecule has 0 heterocycles. The van der Waals surface area contributed by atoms with E-state index >= 15 is 0 Å². The van der Waals surface area contributed by atoms with Gasteiger partial charge in [-0.15, -0.1) is 0 Å². The first kappa shape index (κ1) is 23.6. The summed E-state index contributed by atoms with van der Waals surface area (Å²) in [6.45, 7) is 2.35. The number of carbonyl (C=O) groups is 1. The number of ether oxygens (including phenoxy) is 1. The van der Waals surface area contributed by atoms with Crippen LogP contribution in [0.15, 0.2) is 66.2 Å². The number of hydrogen-bond donors (Lipinski definition) is 1. The Morgan fingerprint density at radius 2 is 1.81 bits per heavy atom. The molecule has 0 aliphatic heterocycles. The molecule has 0 aromatic heterocycles. The number of halogens is 3. The van der Waals surface area contributed by atoms with Crippen LogP contribution < -0.4 is 10.1 Å². The van der Waals surface area contributed by atoms with E-state index in [9.17, 15) is 10.1 Å². The van der Waals surface area contributed by atoms with Crippen LogP contribution in [0, 0.1) is 25.4 Å². The molecule has 4 nitrogen and oxygen atoms in total. The van der Waals surface area contributed by atoms with Gasteiger partial charge in [0.1, 0.15) is 24.0 Å². The van der Waals surface area contributed by atoms with Gasteiger partial charge in [-0.25, -0.2) is 0 Å². The van der Waals surface area contributed by atoms with E-state index in [1.165, 1.54) is 0 Å². The van der Waals surface area contributed by atoms with Crippen LogP contribution in [-0.4, -0.2) is 5.91 Å². The van der Waals surface area contributed by atoms with Crippen LogP contribution in [0.4, 0.5) is 5.69 Å². The van der Waals surface area contributed by atoms with Crippen LogP contribution in [-0.2, 0) is 11.4 Å². The van der Waals surface area contributed by atoms with E-state index in [1.54, 1.807) is 18.2 Å². The standard InChI is InChI=1S/C24H17ClI2N2O2/c1-15-7-8-19(12-20(15)25)29-24(30)18(13-28)9-17-10-21(26)23(22(27)11-17)31-14-16-5-3-2-4-6-16/h2-12H,14H2,1H3,(H,29,30)/b18-9+. The second-order valence-electron chi connectivity index (χ2n) is 6.68. The predicted molar refractivity (Wildman–Crippen MR) is 141 cm³/mol. The average molecular weight is 655 g/mol. The molecule has 0 bridgehead atoms. The summed E-state index contributed by atoms with van der Waals surface area (Å²) in [6.07, 6.45) is 1.57. The summed E-state index contributed by atoms with van der Waals surface area (Å²) in [7, 11) is 0. The molecule has 31 heavy (non-hydrogen) atoms. The molecule has 0 aliphatic carbocycles. The zero-order valence-corrected chi connectivity index (χ0v) is 21.5. The smallest absolute Gasteiger partial charge is 0.266 e. The Morgan fingerprint density at radius 1 is 1.13 bits per heavy atom. The Balaban J connectivity index is 1.77. The Labute approximate surface area is 213 Å². The minimum atomic E-state index is -0.489. The molecule has 1 N–H and O–H groups in total. The first-order valence-corrected chi connectivity index (χ1v) is 11.8. The van der Waals surface area contributed by atoms with E-state index in [4.69, 9.17) is 16.3 Å². The van der Waals surface area contributed by atoms with Gasteiger partial charge in [-0.1, -0.05) is 48.0 Å². The molecule has 0 radical (unpaired) electrons. The van der Waals surface area contributed by atoms with Gasteiger partial charge in [0.05, 0.1) is 7.14 Å². The number of amides is 1. The maximum absolute atomic E-state index is 12.6. The second kappa shape index (κ2) is 11.0. The molecule has 0 spiro atoms. The van der Waals surface area contributed by atoms with Gasteiger partial charge in [0.25, 0.3) is 5.91 Å². The van der Waals surface area contributed by atoms with Crippen molar-refractivity contribution in [3.8, 4) is 11.8 Å². The number of nitrogens with zero attached hydrogens (tertiary/aromatic N) is 1. The zero-order chi connectivity index (χ0) is 22.4. The van der Waals surface area contributed by atoms with Gasteiger partial charge in [-0.05, 0) is 99.1 Å². The van der Waals surface area contributed by atoms with E-state index < -0.39 is 5.91 Å². The third kappa shape index (κ3) is 6.45. The van der Waals surface area contributed by atoms with E-state index in [2.05, 4.69) is 50.5 Å². The molecule has 0 saturated carbocycles. The zero-order valence-electron chi connectivity index (χ0n) is 16.5. The first-order valence-electron chi connectivity index (χ1n) is 9.22. The molecule has 0 atom stereocenters. The van der Waals surface area contributed by atoms with Crippen molar-refractivity contribution in [2.45, 2.75) is 13.5 Å². The van der Waals surface area contributed by atoms with E-state index in [0.29, 0.717) is 17.3 Å². The second-order valence-corrected chi connectivity index (χ2v) is 9.41. The molecule has 0 aliphatic rings. The lowest BCUT2D eigenvalue weighted by atomic mass is 10.1. The van der Waals surface area contributed by atoms with Gasteiger partial charge in [0.15, 0.2) is 0 Å². The van der Waals surface area contributed by atoms with Crippen LogP contribution in [0.25, 0.3) is 6.08 Å². The highest BCUT2D eigenvalue weighted by atomic mass is 127. The quantitative estimate of drug-likeness (QED) is 0.177. The lowest BCUT2D eigenvalue weighted by Crippen LogP contribution is -2.13. The largest absolute Gasteiger partial charge is 0.487 e. The van der Waals surface area contributed by atoms with Gasteiger partial charge in [0.2, 0.25) is 0 Å². The molecule has 156 valence electrons. The number of hydrogen-bond acceptors (Lipinski definition) is 3. The normalized spacial score (nSPS) is 11.0. The first-order chi connectivity index (χ1) is 14.9. The Bertz CT molecular complexity index is 1160. The third-order valence-corrected chi connectivity index (χ3v) is 6.36.